The topological polar surface area (TPSA) is 26.0 Å². The van der Waals surface area contributed by atoms with Crippen molar-refractivity contribution >= 4 is 0 Å². The first-order valence-electron chi connectivity index (χ1n) is 6.88. The van der Waals surface area contributed by atoms with Crippen LogP contribution in [0.5, 0.6) is 0 Å². The summed E-state index contributed by atoms with van der Waals surface area (Å²) in [5.74, 6) is 1.75. The predicted molar refractivity (Wildman–Crippen MR) is 67.9 cm³/mol. The van der Waals surface area contributed by atoms with Crippen LogP contribution < -0.4 is 5.73 Å². The van der Waals surface area contributed by atoms with Crippen molar-refractivity contribution in [2.75, 3.05) is 0 Å². The Bertz CT molecular complexity index is 178. The molecule has 0 amide bonds. The number of hydrogen-bond donors (Lipinski definition) is 1. The molecule has 0 radical (unpaired) electrons. The van der Waals surface area contributed by atoms with Gasteiger partial charge in [0.1, 0.15) is 0 Å². The van der Waals surface area contributed by atoms with Gasteiger partial charge in [-0.25, -0.2) is 0 Å². The molecule has 1 nitrogen and oxygen atoms in total. The van der Waals surface area contributed by atoms with E-state index in [2.05, 4.69) is 20.8 Å². The van der Waals surface area contributed by atoms with Crippen LogP contribution in [0.3, 0.4) is 0 Å². The van der Waals surface area contributed by atoms with Crippen LogP contribution in [0.15, 0.2) is 0 Å². The zero-order valence-corrected chi connectivity index (χ0v) is 10.9. The molecule has 0 aromatic carbocycles. The lowest BCUT2D eigenvalue weighted by molar-refractivity contribution is 0.285. The summed E-state index contributed by atoms with van der Waals surface area (Å²) in [5, 5.41) is 0. The molecule has 1 rings (SSSR count). The lowest BCUT2D eigenvalue weighted by Crippen LogP contribution is -2.40. The molecule has 1 fully saturated rings. The Labute approximate surface area is 95.8 Å². The summed E-state index contributed by atoms with van der Waals surface area (Å²) in [6, 6.07) is 0. The number of hydrogen-bond acceptors (Lipinski definition) is 1. The lowest BCUT2D eigenvalue weighted by Gasteiger charge is -2.31. The largest absolute Gasteiger partial charge is 0.325 e. The van der Waals surface area contributed by atoms with E-state index in [9.17, 15) is 0 Å². The average Bonchev–Trinajstić information content (AvgIpc) is 2.40. The Kier molecular flexibility index (Phi) is 5.11. The van der Waals surface area contributed by atoms with E-state index in [0.717, 1.165) is 11.8 Å². The van der Waals surface area contributed by atoms with Crippen LogP contribution in [0.2, 0.25) is 0 Å². The molecule has 1 aliphatic rings. The minimum absolute atomic E-state index is 0.166. The van der Waals surface area contributed by atoms with Crippen molar-refractivity contribution < 1.29 is 0 Å². The molecule has 0 saturated heterocycles. The minimum Gasteiger partial charge on any atom is -0.325 e. The van der Waals surface area contributed by atoms with Crippen LogP contribution in [-0.2, 0) is 0 Å². The first-order chi connectivity index (χ1) is 7.09. The monoisotopic (exact) mass is 211 g/mol. The molecule has 2 N–H and O–H groups in total. The number of rotatable bonds is 4. The third-order valence-electron chi connectivity index (χ3n) is 4.37. The van der Waals surface area contributed by atoms with Gasteiger partial charge in [0.05, 0.1) is 0 Å². The van der Waals surface area contributed by atoms with Gasteiger partial charge in [-0.2, -0.15) is 0 Å². The second-order valence-electron chi connectivity index (χ2n) is 5.79. The van der Waals surface area contributed by atoms with Gasteiger partial charge in [-0.15, -0.1) is 0 Å². The van der Waals surface area contributed by atoms with Gasteiger partial charge in [0, 0.05) is 5.54 Å². The van der Waals surface area contributed by atoms with Crippen molar-refractivity contribution in [3.8, 4) is 0 Å². The van der Waals surface area contributed by atoms with E-state index in [1.807, 2.05) is 0 Å². The first kappa shape index (κ1) is 13.0. The maximum absolute atomic E-state index is 6.55. The van der Waals surface area contributed by atoms with Gasteiger partial charge >= 0.3 is 0 Å². The van der Waals surface area contributed by atoms with E-state index >= 15 is 0 Å². The van der Waals surface area contributed by atoms with Gasteiger partial charge in [0.25, 0.3) is 0 Å². The second kappa shape index (κ2) is 5.89. The smallest absolute Gasteiger partial charge is 0.0157 e. The Morgan fingerprint density at radius 3 is 2.60 bits per heavy atom. The van der Waals surface area contributed by atoms with Crippen molar-refractivity contribution in [3.63, 3.8) is 0 Å². The molecule has 0 spiro atoms. The number of nitrogens with two attached hydrogens (primary N) is 1. The van der Waals surface area contributed by atoms with Crippen LogP contribution in [0.1, 0.15) is 72.1 Å². The highest BCUT2D eigenvalue weighted by atomic mass is 14.7. The zero-order valence-electron chi connectivity index (χ0n) is 10.9. The highest BCUT2D eigenvalue weighted by molar-refractivity contribution is 4.88. The average molecular weight is 211 g/mol. The van der Waals surface area contributed by atoms with Gasteiger partial charge in [0.15, 0.2) is 0 Å². The molecule has 0 bridgehead atoms. The van der Waals surface area contributed by atoms with Gasteiger partial charge < -0.3 is 5.73 Å². The minimum atomic E-state index is 0.166. The van der Waals surface area contributed by atoms with Crippen LogP contribution in [0.4, 0.5) is 0 Å². The van der Waals surface area contributed by atoms with Crippen LogP contribution in [-0.4, -0.2) is 5.54 Å². The summed E-state index contributed by atoms with van der Waals surface area (Å²) in [4.78, 5) is 0. The molecule has 0 aromatic heterocycles. The van der Waals surface area contributed by atoms with E-state index in [-0.39, 0.29) is 5.54 Å². The van der Waals surface area contributed by atoms with Gasteiger partial charge in [-0.05, 0) is 37.5 Å². The first-order valence-corrected chi connectivity index (χ1v) is 6.88. The molecular weight excluding hydrogens is 182 g/mol. The third-order valence-corrected chi connectivity index (χ3v) is 4.37. The van der Waals surface area contributed by atoms with Crippen molar-refractivity contribution in [3.05, 3.63) is 0 Å². The van der Waals surface area contributed by atoms with Crippen molar-refractivity contribution in [1.82, 2.24) is 0 Å². The third kappa shape index (κ3) is 4.14. The fourth-order valence-electron chi connectivity index (χ4n) is 2.95. The summed E-state index contributed by atoms with van der Waals surface area (Å²) in [6.45, 7) is 6.94. The maximum Gasteiger partial charge on any atom is 0.0157 e. The van der Waals surface area contributed by atoms with Crippen LogP contribution in [0.25, 0.3) is 0 Å². The fourth-order valence-corrected chi connectivity index (χ4v) is 2.95. The van der Waals surface area contributed by atoms with Crippen molar-refractivity contribution in [2.45, 2.75) is 77.7 Å². The Balaban J connectivity index is 2.46. The Morgan fingerprint density at radius 2 is 2.00 bits per heavy atom. The van der Waals surface area contributed by atoms with E-state index in [1.54, 1.807) is 0 Å². The Hall–Kier alpha value is -0.0400. The molecule has 1 heteroatoms. The quantitative estimate of drug-likeness (QED) is 0.696. The molecule has 15 heavy (non-hydrogen) atoms. The molecule has 0 aromatic rings. The summed E-state index contributed by atoms with van der Waals surface area (Å²) in [6.07, 6.45) is 10.5. The van der Waals surface area contributed by atoms with E-state index in [0.29, 0.717) is 0 Å². The highest BCUT2D eigenvalue weighted by Crippen LogP contribution is 2.34. The maximum atomic E-state index is 6.55. The molecule has 0 heterocycles. The van der Waals surface area contributed by atoms with E-state index in [1.165, 1.54) is 51.4 Å². The standard InChI is InChI=1S/C14H29N/c1-4-12(3)11-14(15)9-6-7-13(5-2)8-10-14/h12-13H,4-11,15H2,1-3H3. The molecular formula is C14H29N. The molecule has 3 atom stereocenters. The van der Waals surface area contributed by atoms with Gasteiger partial charge in [0.2, 0.25) is 0 Å². The normalized spacial score (nSPS) is 34.8. The molecule has 90 valence electrons. The summed E-state index contributed by atoms with van der Waals surface area (Å²) in [7, 11) is 0. The summed E-state index contributed by atoms with van der Waals surface area (Å²) < 4.78 is 0. The zero-order chi connectivity index (χ0) is 11.3. The van der Waals surface area contributed by atoms with Crippen LogP contribution in [0, 0.1) is 11.8 Å². The Morgan fingerprint density at radius 1 is 1.27 bits per heavy atom. The SMILES string of the molecule is CCC(C)CC1(N)CCCC(CC)CC1. The molecule has 3 unspecified atom stereocenters. The van der Waals surface area contributed by atoms with E-state index in [4.69, 9.17) is 5.73 Å². The molecule has 1 saturated carbocycles. The van der Waals surface area contributed by atoms with Crippen molar-refractivity contribution in [1.29, 1.82) is 0 Å². The van der Waals surface area contributed by atoms with Gasteiger partial charge in [-0.1, -0.05) is 46.5 Å². The highest BCUT2D eigenvalue weighted by Gasteiger charge is 2.29. The summed E-state index contributed by atoms with van der Waals surface area (Å²) in [5.41, 5.74) is 6.72. The summed E-state index contributed by atoms with van der Waals surface area (Å²) >= 11 is 0. The van der Waals surface area contributed by atoms with E-state index < -0.39 is 0 Å². The van der Waals surface area contributed by atoms with Gasteiger partial charge in [-0.3, -0.25) is 0 Å². The molecule has 0 aliphatic heterocycles. The van der Waals surface area contributed by atoms with Crippen molar-refractivity contribution in [2.24, 2.45) is 17.6 Å². The predicted octanol–water partition coefficient (Wildman–Crippen LogP) is 4.11. The lowest BCUT2D eigenvalue weighted by atomic mass is 9.82. The second-order valence-corrected chi connectivity index (χ2v) is 5.79. The molecule has 1 aliphatic carbocycles. The van der Waals surface area contributed by atoms with Crippen LogP contribution >= 0.6 is 0 Å². The fraction of sp³-hybridized carbons (Fsp3) is 1.00.